The Bertz CT molecular complexity index is 713. The zero-order chi connectivity index (χ0) is 16.7. The van der Waals surface area contributed by atoms with Gasteiger partial charge in [-0.2, -0.15) is 0 Å². The molecular weight excluding hydrogens is 338 g/mol. The third-order valence-corrected chi connectivity index (χ3v) is 3.61. The molecule has 0 radical (unpaired) electrons. The van der Waals surface area contributed by atoms with E-state index in [-0.39, 0.29) is 83.1 Å². The molecule has 0 heterocycles. The molecule has 0 spiro atoms. The Morgan fingerprint density at radius 1 is 0.680 bits per heavy atom. The van der Waals surface area contributed by atoms with E-state index in [4.69, 9.17) is 0 Å². The second kappa shape index (κ2) is 12.5. The molecular formula is C19H20Na2O4. The van der Waals surface area contributed by atoms with Crippen LogP contribution in [0.2, 0.25) is 0 Å². The van der Waals surface area contributed by atoms with Gasteiger partial charge in [0, 0.05) is 12.0 Å². The average molecular weight is 358 g/mol. The monoisotopic (exact) mass is 358 g/mol. The number of rotatable bonds is 7. The number of carbonyl (C=O) groups is 2. The van der Waals surface area contributed by atoms with Crippen LogP contribution in [0.1, 0.15) is 17.5 Å². The van der Waals surface area contributed by atoms with E-state index in [2.05, 4.69) is 0 Å². The van der Waals surface area contributed by atoms with Gasteiger partial charge in [-0.15, -0.1) is 0 Å². The van der Waals surface area contributed by atoms with Crippen molar-refractivity contribution in [2.24, 2.45) is 0 Å². The minimum atomic E-state index is -1.18. The summed E-state index contributed by atoms with van der Waals surface area (Å²) in [6, 6.07) is 18.5. The Hall–Kier alpha value is -0.880. The number of hydrogen-bond acceptors (Lipinski definition) is 2. The van der Waals surface area contributed by atoms with Crippen molar-refractivity contribution < 1.29 is 19.8 Å². The Morgan fingerprint density at radius 3 is 1.56 bits per heavy atom. The van der Waals surface area contributed by atoms with Crippen molar-refractivity contribution in [1.29, 1.82) is 0 Å². The zero-order valence-electron chi connectivity index (χ0n) is 12.6. The van der Waals surface area contributed by atoms with E-state index < -0.39 is 11.9 Å². The van der Waals surface area contributed by atoms with Crippen LogP contribution in [0.5, 0.6) is 0 Å². The van der Waals surface area contributed by atoms with Crippen LogP contribution in [0.15, 0.2) is 71.8 Å². The van der Waals surface area contributed by atoms with Crippen LogP contribution in [0.25, 0.3) is 0 Å². The number of carboxylic acid groups (broad SMARTS) is 2. The molecule has 25 heavy (non-hydrogen) atoms. The molecule has 0 aliphatic heterocycles. The summed E-state index contributed by atoms with van der Waals surface area (Å²) < 4.78 is 0. The molecule has 0 aliphatic carbocycles. The second-order valence-electron chi connectivity index (χ2n) is 5.22. The Labute approximate surface area is 191 Å². The molecule has 122 valence electrons. The van der Waals surface area contributed by atoms with Crippen LogP contribution in [0.4, 0.5) is 0 Å². The summed E-state index contributed by atoms with van der Waals surface area (Å²) in [6.07, 6.45) is 0.786. The van der Waals surface area contributed by atoms with Gasteiger partial charge in [0.15, 0.2) is 0 Å². The van der Waals surface area contributed by atoms with Gasteiger partial charge in [-0.25, -0.2) is 9.59 Å². The Kier molecular flexibility index (Phi) is 12.0. The van der Waals surface area contributed by atoms with Gasteiger partial charge in [-0.05, 0) is 24.0 Å². The molecule has 0 atom stereocenters. The van der Waals surface area contributed by atoms with Crippen LogP contribution in [0.3, 0.4) is 0 Å². The summed E-state index contributed by atoms with van der Waals surface area (Å²) in [4.78, 5) is 23.1. The molecule has 0 saturated heterocycles. The Balaban J connectivity index is 0.00000288. The van der Waals surface area contributed by atoms with Gasteiger partial charge in [0.25, 0.3) is 0 Å². The van der Waals surface area contributed by atoms with E-state index in [1.165, 1.54) is 0 Å². The van der Waals surface area contributed by atoms with Crippen LogP contribution in [0, 0.1) is 0 Å². The first-order chi connectivity index (χ1) is 11.1. The molecule has 6 heteroatoms. The standard InChI is InChI=1S/C19H18O4.2Na.2H/c20-18(21)16(12-11-14-7-3-1-4-8-14)17(19(22)23)13-15-9-5-2-6-10-15;;;;/h1-10H,11-13H2,(H,20,21)(H,22,23);;;;/b17-16-;;;;. The van der Waals surface area contributed by atoms with Crippen LogP contribution in [-0.4, -0.2) is 81.3 Å². The van der Waals surface area contributed by atoms with E-state index in [0.29, 0.717) is 6.42 Å². The summed E-state index contributed by atoms with van der Waals surface area (Å²) in [5.41, 5.74) is 1.67. The fraction of sp³-hybridized carbons (Fsp3) is 0.158. The predicted molar refractivity (Wildman–Crippen MR) is 102 cm³/mol. The van der Waals surface area contributed by atoms with Crippen molar-refractivity contribution in [3.05, 3.63) is 82.9 Å². The maximum atomic E-state index is 11.5. The van der Waals surface area contributed by atoms with Crippen molar-refractivity contribution in [2.75, 3.05) is 0 Å². The number of benzene rings is 2. The average Bonchev–Trinajstić information content (AvgIpc) is 2.55. The molecule has 0 aromatic heterocycles. The van der Waals surface area contributed by atoms with Crippen molar-refractivity contribution in [1.82, 2.24) is 0 Å². The quantitative estimate of drug-likeness (QED) is 0.587. The van der Waals surface area contributed by atoms with Gasteiger partial charge in [-0.3, -0.25) is 0 Å². The molecule has 2 rings (SSSR count). The topological polar surface area (TPSA) is 74.6 Å². The van der Waals surface area contributed by atoms with Crippen molar-refractivity contribution >= 4 is 71.1 Å². The van der Waals surface area contributed by atoms with Crippen molar-refractivity contribution in [2.45, 2.75) is 19.3 Å². The SMILES string of the molecule is O=C(O)/C(CCc1ccccc1)=C(/Cc1ccccc1)C(=O)O.[NaH].[NaH]. The van der Waals surface area contributed by atoms with Gasteiger partial charge in [-0.1, -0.05) is 60.7 Å². The first kappa shape index (κ1) is 24.1. The molecule has 0 bridgehead atoms. The summed E-state index contributed by atoms with van der Waals surface area (Å²) in [7, 11) is 0. The van der Waals surface area contributed by atoms with Gasteiger partial charge < -0.3 is 10.2 Å². The first-order valence-electron chi connectivity index (χ1n) is 7.34. The third-order valence-electron chi connectivity index (χ3n) is 3.61. The molecule has 0 fully saturated rings. The number of carboxylic acids is 2. The van der Waals surface area contributed by atoms with E-state index in [1.54, 1.807) is 24.3 Å². The molecule has 4 nitrogen and oxygen atoms in total. The van der Waals surface area contributed by atoms with Gasteiger partial charge in [0.2, 0.25) is 0 Å². The summed E-state index contributed by atoms with van der Waals surface area (Å²) in [6.45, 7) is 0. The summed E-state index contributed by atoms with van der Waals surface area (Å²) in [5, 5.41) is 18.9. The van der Waals surface area contributed by atoms with E-state index in [0.717, 1.165) is 11.1 Å². The molecule has 0 saturated carbocycles. The van der Waals surface area contributed by atoms with Gasteiger partial charge in [0.1, 0.15) is 0 Å². The maximum absolute atomic E-state index is 11.5. The first-order valence-corrected chi connectivity index (χ1v) is 7.34. The second-order valence-corrected chi connectivity index (χ2v) is 5.22. The van der Waals surface area contributed by atoms with Gasteiger partial charge >= 0.3 is 71.1 Å². The normalized spacial score (nSPS) is 10.7. The molecule has 2 N–H and O–H groups in total. The van der Waals surface area contributed by atoms with Crippen molar-refractivity contribution in [3.63, 3.8) is 0 Å². The van der Waals surface area contributed by atoms with Gasteiger partial charge in [0.05, 0.1) is 5.57 Å². The number of aliphatic carboxylic acids is 2. The molecule has 2 aromatic rings. The van der Waals surface area contributed by atoms with Crippen LogP contribution >= 0.6 is 0 Å². The van der Waals surface area contributed by atoms with E-state index in [9.17, 15) is 19.8 Å². The summed E-state index contributed by atoms with van der Waals surface area (Å²) >= 11 is 0. The number of aryl methyl sites for hydroxylation is 1. The zero-order valence-corrected chi connectivity index (χ0v) is 12.6. The minimum absolute atomic E-state index is 0. The molecule has 2 aromatic carbocycles. The fourth-order valence-corrected chi connectivity index (χ4v) is 2.41. The van der Waals surface area contributed by atoms with Crippen molar-refractivity contribution in [3.8, 4) is 0 Å². The van der Waals surface area contributed by atoms with E-state index in [1.807, 2.05) is 36.4 Å². The fourth-order valence-electron chi connectivity index (χ4n) is 2.41. The van der Waals surface area contributed by atoms with E-state index >= 15 is 0 Å². The summed E-state index contributed by atoms with van der Waals surface area (Å²) in [5.74, 6) is -2.35. The Morgan fingerprint density at radius 2 is 1.12 bits per heavy atom. The molecule has 0 amide bonds. The molecule has 0 aliphatic rings. The van der Waals surface area contributed by atoms with Crippen LogP contribution in [-0.2, 0) is 22.4 Å². The van der Waals surface area contributed by atoms with Crippen LogP contribution < -0.4 is 0 Å². The molecule has 0 unspecified atom stereocenters. The predicted octanol–water partition coefficient (Wildman–Crippen LogP) is 2.03. The number of hydrogen-bond donors (Lipinski definition) is 2. The third kappa shape index (κ3) is 7.90.